The van der Waals surface area contributed by atoms with Crippen molar-refractivity contribution in [1.29, 1.82) is 0 Å². The number of nitrogens with zero attached hydrogens (tertiary/aromatic N) is 1. The number of carbonyl (C=O) groups is 2. The minimum Gasteiger partial charge on any atom is -0.478 e. The molecular weight excluding hydrogens is 432 g/mol. The molecule has 0 saturated heterocycles. The Hall–Kier alpha value is -3.09. The number of aromatic nitrogens is 1. The number of hydrogen-bond donors (Lipinski definition) is 2. The molecule has 0 saturated carbocycles. The Morgan fingerprint density at radius 2 is 1.77 bits per heavy atom. The lowest BCUT2D eigenvalue weighted by Gasteiger charge is -2.15. The van der Waals surface area contributed by atoms with Crippen LogP contribution in [0.2, 0.25) is 5.02 Å². The number of benzene rings is 2. The minimum atomic E-state index is -0.971. The maximum atomic E-state index is 13.2. The molecule has 0 radical (unpaired) electrons. The van der Waals surface area contributed by atoms with Gasteiger partial charge in [0.15, 0.2) is 0 Å². The number of hydrogen-bond acceptors (Lipinski definition) is 3. The lowest BCUT2D eigenvalue weighted by Crippen LogP contribution is -2.27. The van der Waals surface area contributed by atoms with Gasteiger partial charge in [0.25, 0.3) is 5.91 Å². The summed E-state index contributed by atoms with van der Waals surface area (Å²) in [4.78, 5) is 25.2. The van der Waals surface area contributed by atoms with Gasteiger partial charge in [-0.25, -0.2) is 4.79 Å². The van der Waals surface area contributed by atoms with E-state index in [0.29, 0.717) is 17.1 Å². The highest BCUT2D eigenvalue weighted by molar-refractivity contribution is 7.19. The third-order valence-electron chi connectivity index (χ3n) is 5.28. The summed E-state index contributed by atoms with van der Waals surface area (Å²) < 4.78 is 3.15. The van der Waals surface area contributed by atoms with Crippen LogP contribution < -0.4 is 5.32 Å². The third-order valence-corrected chi connectivity index (χ3v) is 6.59. The average Bonchev–Trinajstić information content (AvgIpc) is 3.27. The van der Waals surface area contributed by atoms with Crippen LogP contribution >= 0.6 is 22.9 Å². The van der Waals surface area contributed by atoms with Gasteiger partial charge in [-0.15, -0.1) is 11.3 Å². The number of thiophene rings is 1. The van der Waals surface area contributed by atoms with E-state index in [1.165, 1.54) is 0 Å². The molecule has 0 aliphatic heterocycles. The number of aromatic carboxylic acids is 1. The summed E-state index contributed by atoms with van der Waals surface area (Å²) in [5.74, 6) is -1.12. The summed E-state index contributed by atoms with van der Waals surface area (Å²) in [6.45, 7) is 4.49. The number of carboxylic acid groups (broad SMARTS) is 1. The summed E-state index contributed by atoms with van der Waals surface area (Å²) >= 11 is 7.60. The number of rotatable bonds is 6. The average molecular weight is 453 g/mol. The van der Waals surface area contributed by atoms with Crippen LogP contribution in [0.25, 0.3) is 10.2 Å². The third kappa shape index (κ3) is 4.36. The van der Waals surface area contributed by atoms with Crippen molar-refractivity contribution in [2.24, 2.45) is 0 Å². The van der Waals surface area contributed by atoms with E-state index in [0.717, 1.165) is 26.2 Å². The monoisotopic (exact) mass is 452 g/mol. The van der Waals surface area contributed by atoms with E-state index in [1.54, 1.807) is 35.6 Å². The maximum Gasteiger partial charge on any atom is 0.335 e. The standard InChI is InChI=1S/C24H21ClN2O3S/c1-14(17-5-7-18(8-6-17)24(29)30)26-23(28)21-15(2)31-20-11-12-27(22(20)21)13-16-3-9-19(25)10-4-16/h3-12,14H,13H2,1-2H3,(H,26,28)(H,29,30)/t14-/m0/s1. The van der Waals surface area contributed by atoms with Crippen molar-refractivity contribution in [3.63, 3.8) is 0 Å². The zero-order chi connectivity index (χ0) is 22.1. The Labute approximate surface area is 188 Å². The number of amides is 1. The summed E-state index contributed by atoms with van der Waals surface area (Å²) in [6.07, 6.45) is 2.00. The molecule has 0 aliphatic rings. The first-order chi connectivity index (χ1) is 14.8. The van der Waals surface area contributed by atoms with Gasteiger partial charge < -0.3 is 15.0 Å². The first kappa shape index (κ1) is 21.2. The van der Waals surface area contributed by atoms with Crippen LogP contribution in [0.5, 0.6) is 0 Å². The first-order valence-corrected chi connectivity index (χ1v) is 11.0. The van der Waals surface area contributed by atoms with Gasteiger partial charge in [-0.2, -0.15) is 0 Å². The Morgan fingerprint density at radius 1 is 1.10 bits per heavy atom. The molecule has 0 unspecified atom stereocenters. The Bertz CT molecular complexity index is 1260. The molecule has 158 valence electrons. The second-order valence-corrected chi connectivity index (χ2v) is 9.13. The van der Waals surface area contributed by atoms with Gasteiger partial charge in [0.2, 0.25) is 0 Å². The number of carboxylic acids is 1. The largest absolute Gasteiger partial charge is 0.478 e. The molecule has 0 spiro atoms. The zero-order valence-electron chi connectivity index (χ0n) is 17.1. The van der Waals surface area contributed by atoms with E-state index in [1.807, 2.05) is 50.4 Å². The molecule has 0 bridgehead atoms. The summed E-state index contributed by atoms with van der Waals surface area (Å²) in [5.41, 5.74) is 3.76. The summed E-state index contributed by atoms with van der Waals surface area (Å²) in [6, 6.07) is 16.0. The highest BCUT2D eigenvalue weighted by Gasteiger charge is 2.21. The molecule has 4 aromatic rings. The predicted octanol–water partition coefficient (Wildman–Crippen LogP) is 5.90. The minimum absolute atomic E-state index is 0.144. The second-order valence-electron chi connectivity index (χ2n) is 7.44. The fourth-order valence-electron chi connectivity index (χ4n) is 3.64. The highest BCUT2D eigenvalue weighted by Crippen LogP contribution is 2.33. The van der Waals surface area contributed by atoms with Crippen molar-refractivity contribution in [1.82, 2.24) is 9.88 Å². The van der Waals surface area contributed by atoms with E-state index < -0.39 is 5.97 Å². The molecule has 0 fully saturated rings. The summed E-state index contributed by atoms with van der Waals surface area (Å²) in [7, 11) is 0. The van der Waals surface area contributed by atoms with Gasteiger partial charge in [-0.1, -0.05) is 35.9 Å². The molecule has 5 nitrogen and oxygen atoms in total. The van der Waals surface area contributed by atoms with Crippen molar-refractivity contribution in [3.8, 4) is 0 Å². The van der Waals surface area contributed by atoms with Crippen molar-refractivity contribution in [2.45, 2.75) is 26.4 Å². The smallest absolute Gasteiger partial charge is 0.335 e. The normalized spacial score (nSPS) is 12.1. The fraction of sp³-hybridized carbons (Fsp3) is 0.167. The SMILES string of the molecule is Cc1sc2ccn(Cc3ccc(Cl)cc3)c2c1C(=O)N[C@@H](C)c1ccc(C(=O)O)cc1. The van der Waals surface area contributed by atoms with Crippen LogP contribution in [0.4, 0.5) is 0 Å². The van der Waals surface area contributed by atoms with Crippen molar-refractivity contribution in [2.75, 3.05) is 0 Å². The molecule has 4 rings (SSSR count). The second kappa shape index (κ2) is 8.57. The van der Waals surface area contributed by atoms with Crippen molar-refractivity contribution >= 4 is 45.0 Å². The number of carbonyl (C=O) groups excluding carboxylic acids is 1. The van der Waals surface area contributed by atoms with Gasteiger partial charge >= 0.3 is 5.97 Å². The van der Waals surface area contributed by atoms with Crippen LogP contribution in [0.15, 0.2) is 60.8 Å². The van der Waals surface area contributed by atoms with E-state index in [2.05, 4.69) is 9.88 Å². The molecule has 1 amide bonds. The number of halogens is 1. The molecular formula is C24H21ClN2O3S. The topological polar surface area (TPSA) is 71.3 Å². The molecule has 1 atom stereocenters. The molecule has 31 heavy (non-hydrogen) atoms. The number of aryl methyl sites for hydroxylation is 1. The first-order valence-electron chi connectivity index (χ1n) is 9.80. The van der Waals surface area contributed by atoms with Crippen LogP contribution in [0.3, 0.4) is 0 Å². The molecule has 2 aromatic carbocycles. The van der Waals surface area contributed by atoms with Gasteiger partial charge in [0, 0.05) is 22.6 Å². The zero-order valence-corrected chi connectivity index (χ0v) is 18.6. The van der Waals surface area contributed by atoms with Gasteiger partial charge in [0.1, 0.15) is 0 Å². The van der Waals surface area contributed by atoms with Gasteiger partial charge in [-0.05, 0) is 55.3 Å². The van der Waals surface area contributed by atoms with Gasteiger partial charge in [0.05, 0.1) is 27.4 Å². The van der Waals surface area contributed by atoms with E-state index in [9.17, 15) is 9.59 Å². The summed E-state index contributed by atoms with van der Waals surface area (Å²) in [5, 5.41) is 12.8. The Balaban J connectivity index is 1.60. The molecule has 2 N–H and O–H groups in total. The molecule has 2 heterocycles. The van der Waals surface area contributed by atoms with Crippen molar-refractivity contribution in [3.05, 3.63) is 92.9 Å². The lowest BCUT2D eigenvalue weighted by atomic mass is 10.1. The number of nitrogens with one attached hydrogen (secondary N) is 1. The molecule has 2 aromatic heterocycles. The Kier molecular flexibility index (Phi) is 5.85. The Morgan fingerprint density at radius 3 is 2.42 bits per heavy atom. The van der Waals surface area contributed by atoms with Crippen LogP contribution in [-0.2, 0) is 6.54 Å². The fourth-order valence-corrected chi connectivity index (χ4v) is 4.83. The van der Waals surface area contributed by atoms with Gasteiger partial charge in [-0.3, -0.25) is 4.79 Å². The van der Waals surface area contributed by atoms with Crippen LogP contribution in [-0.4, -0.2) is 21.6 Å². The van der Waals surface area contributed by atoms with E-state index >= 15 is 0 Å². The lowest BCUT2D eigenvalue weighted by molar-refractivity contribution is 0.0696. The molecule has 0 aliphatic carbocycles. The van der Waals surface area contributed by atoms with Crippen LogP contribution in [0.1, 0.15) is 49.7 Å². The number of fused-ring (bicyclic) bond motifs is 1. The predicted molar refractivity (Wildman–Crippen MR) is 124 cm³/mol. The quantitative estimate of drug-likeness (QED) is 0.382. The molecule has 7 heteroatoms. The maximum absolute atomic E-state index is 13.2. The van der Waals surface area contributed by atoms with E-state index in [-0.39, 0.29) is 17.5 Å². The van der Waals surface area contributed by atoms with Crippen LogP contribution in [0, 0.1) is 6.92 Å². The highest BCUT2D eigenvalue weighted by atomic mass is 35.5. The van der Waals surface area contributed by atoms with Crippen molar-refractivity contribution < 1.29 is 14.7 Å². The van der Waals surface area contributed by atoms with E-state index in [4.69, 9.17) is 16.7 Å².